The van der Waals surface area contributed by atoms with Gasteiger partial charge < -0.3 is 4.74 Å². The number of hydrogen-bond donors (Lipinski definition) is 0. The number of allylic oxidation sites excluding steroid dienone is 1. The van der Waals surface area contributed by atoms with Gasteiger partial charge in [-0.2, -0.15) is 0 Å². The second-order valence-electron chi connectivity index (χ2n) is 6.03. The van der Waals surface area contributed by atoms with Crippen LogP contribution in [0.4, 0.5) is 4.39 Å². The molecule has 0 radical (unpaired) electrons. The Labute approximate surface area is 167 Å². The van der Waals surface area contributed by atoms with E-state index >= 15 is 0 Å². The third-order valence-corrected chi connectivity index (χ3v) is 5.08. The molecule has 1 heterocycles. The van der Waals surface area contributed by atoms with E-state index in [-0.39, 0.29) is 23.5 Å². The number of carbonyl (C=O) groups excluding carboxylic acids is 1. The zero-order chi connectivity index (χ0) is 19.9. The molecule has 0 saturated carbocycles. The number of nitrogens with zero attached hydrogens (tertiary/aromatic N) is 3. The smallest absolute Gasteiger partial charge is 0.192 e. The largest absolute Gasteiger partial charge is 0.486 e. The number of Topliss-reactive ketones (excluding diaryl/α,β-unsaturated/α-hetero) is 1. The lowest BCUT2D eigenvalue weighted by molar-refractivity contribution is 0.0994. The van der Waals surface area contributed by atoms with Crippen LogP contribution < -0.4 is 4.74 Å². The van der Waals surface area contributed by atoms with Crippen LogP contribution in [0.3, 0.4) is 0 Å². The molecule has 0 spiro atoms. The topological polar surface area (TPSA) is 57.0 Å². The zero-order valence-electron chi connectivity index (χ0n) is 15.4. The molecule has 3 rings (SSSR count). The van der Waals surface area contributed by atoms with Crippen LogP contribution in [0.5, 0.6) is 5.75 Å². The molecule has 28 heavy (non-hydrogen) atoms. The van der Waals surface area contributed by atoms with Gasteiger partial charge in [0.05, 0.1) is 5.25 Å². The summed E-state index contributed by atoms with van der Waals surface area (Å²) in [7, 11) is 0. The molecule has 7 heteroatoms. The maximum absolute atomic E-state index is 13.0. The van der Waals surface area contributed by atoms with Crippen molar-refractivity contribution in [3.05, 3.63) is 84.5 Å². The number of hydrogen-bond acceptors (Lipinski definition) is 5. The minimum atomic E-state index is -0.321. The van der Waals surface area contributed by atoms with Gasteiger partial charge in [-0.1, -0.05) is 48.2 Å². The quantitative estimate of drug-likeness (QED) is 0.301. The summed E-state index contributed by atoms with van der Waals surface area (Å²) in [5.41, 5.74) is 0.664. The van der Waals surface area contributed by atoms with Crippen molar-refractivity contribution < 1.29 is 13.9 Å². The van der Waals surface area contributed by atoms with Crippen LogP contribution in [0, 0.1) is 5.82 Å². The van der Waals surface area contributed by atoms with Gasteiger partial charge in [-0.3, -0.25) is 9.36 Å². The predicted octanol–water partition coefficient (Wildman–Crippen LogP) is 4.55. The molecule has 0 N–H and O–H groups in total. The Kier molecular flexibility index (Phi) is 6.60. The van der Waals surface area contributed by atoms with Gasteiger partial charge in [0.2, 0.25) is 0 Å². The van der Waals surface area contributed by atoms with Crippen LogP contribution in [-0.2, 0) is 13.2 Å². The number of ether oxygens (including phenoxy) is 1. The lowest BCUT2D eigenvalue weighted by Gasteiger charge is -2.12. The van der Waals surface area contributed by atoms with Crippen LogP contribution in [0.15, 0.2) is 72.4 Å². The molecule has 1 aromatic heterocycles. The third kappa shape index (κ3) is 4.86. The van der Waals surface area contributed by atoms with Crippen molar-refractivity contribution in [3.8, 4) is 5.75 Å². The summed E-state index contributed by atoms with van der Waals surface area (Å²) in [6, 6.07) is 14.9. The van der Waals surface area contributed by atoms with E-state index in [0.29, 0.717) is 28.8 Å². The molecule has 0 unspecified atom stereocenters. The van der Waals surface area contributed by atoms with Gasteiger partial charge in [-0.05, 0) is 31.2 Å². The fourth-order valence-electron chi connectivity index (χ4n) is 2.55. The van der Waals surface area contributed by atoms with Crippen molar-refractivity contribution in [1.82, 2.24) is 14.8 Å². The Balaban J connectivity index is 1.71. The highest BCUT2D eigenvalue weighted by molar-refractivity contribution is 8.00. The molecule has 0 amide bonds. The molecule has 0 bridgehead atoms. The fourth-order valence-corrected chi connectivity index (χ4v) is 3.51. The molecule has 0 saturated heterocycles. The minimum absolute atomic E-state index is 0.0304. The fraction of sp³-hybridized carbons (Fsp3) is 0.190. The molecule has 2 aromatic carbocycles. The van der Waals surface area contributed by atoms with Gasteiger partial charge in [-0.25, -0.2) is 4.39 Å². The number of aromatic nitrogens is 3. The second kappa shape index (κ2) is 9.32. The van der Waals surface area contributed by atoms with Crippen LogP contribution in [0.1, 0.15) is 23.1 Å². The molecule has 0 aliphatic heterocycles. The zero-order valence-corrected chi connectivity index (χ0v) is 16.2. The number of rotatable bonds is 9. The Hall–Kier alpha value is -2.93. The first-order chi connectivity index (χ1) is 13.6. The molecule has 0 fully saturated rings. The first kappa shape index (κ1) is 19.8. The predicted molar refractivity (Wildman–Crippen MR) is 107 cm³/mol. The van der Waals surface area contributed by atoms with Crippen LogP contribution in [0.2, 0.25) is 0 Å². The summed E-state index contributed by atoms with van der Waals surface area (Å²) in [5, 5.41) is 8.70. The van der Waals surface area contributed by atoms with Crippen molar-refractivity contribution in [1.29, 1.82) is 0 Å². The van der Waals surface area contributed by atoms with E-state index in [2.05, 4.69) is 16.8 Å². The third-order valence-electron chi connectivity index (χ3n) is 4.00. The maximum Gasteiger partial charge on any atom is 0.192 e. The molecular weight excluding hydrogens is 377 g/mol. The summed E-state index contributed by atoms with van der Waals surface area (Å²) >= 11 is 1.34. The Morgan fingerprint density at radius 2 is 1.93 bits per heavy atom. The summed E-state index contributed by atoms with van der Waals surface area (Å²) in [6.07, 6.45) is 1.73. The van der Waals surface area contributed by atoms with E-state index in [1.54, 1.807) is 30.3 Å². The van der Waals surface area contributed by atoms with Gasteiger partial charge in [0, 0.05) is 12.1 Å². The molecule has 0 aliphatic carbocycles. The van der Waals surface area contributed by atoms with Crippen LogP contribution in [-0.4, -0.2) is 25.8 Å². The van der Waals surface area contributed by atoms with Gasteiger partial charge in [0.15, 0.2) is 16.8 Å². The Morgan fingerprint density at radius 1 is 1.21 bits per heavy atom. The Morgan fingerprint density at radius 3 is 2.61 bits per heavy atom. The highest BCUT2D eigenvalue weighted by Crippen LogP contribution is 2.25. The van der Waals surface area contributed by atoms with E-state index in [4.69, 9.17) is 4.74 Å². The van der Waals surface area contributed by atoms with E-state index in [9.17, 15) is 9.18 Å². The van der Waals surface area contributed by atoms with Crippen molar-refractivity contribution in [2.24, 2.45) is 0 Å². The standard InChI is InChI=1S/C21H20FN3O2S/c1-3-13-25-19(14-27-18-11-9-17(22)10-12-18)23-24-21(25)28-15(2)20(26)16-7-5-4-6-8-16/h3-12,15H,1,13-14H2,2H3/t15-/m0/s1. The molecule has 1 atom stereocenters. The van der Waals surface area contributed by atoms with Gasteiger partial charge >= 0.3 is 0 Å². The summed E-state index contributed by atoms with van der Waals surface area (Å²) in [4.78, 5) is 12.6. The molecular formula is C21H20FN3O2S. The molecule has 3 aromatic rings. The first-order valence-electron chi connectivity index (χ1n) is 8.75. The van der Waals surface area contributed by atoms with Crippen LogP contribution in [0.25, 0.3) is 0 Å². The number of ketones is 1. The lowest BCUT2D eigenvalue weighted by atomic mass is 10.1. The average molecular weight is 397 g/mol. The molecule has 144 valence electrons. The normalized spacial score (nSPS) is 11.8. The summed E-state index contributed by atoms with van der Waals surface area (Å²) in [6.45, 7) is 6.29. The Bertz CT molecular complexity index is 942. The SMILES string of the molecule is C=CCn1c(COc2ccc(F)cc2)nnc1S[C@@H](C)C(=O)c1ccccc1. The van der Waals surface area contributed by atoms with E-state index in [0.717, 1.165) is 0 Å². The number of benzene rings is 2. The molecule has 0 aliphatic rings. The van der Waals surface area contributed by atoms with Crippen molar-refractivity contribution in [2.45, 2.75) is 30.5 Å². The van der Waals surface area contributed by atoms with Gasteiger partial charge in [0.1, 0.15) is 18.2 Å². The van der Waals surface area contributed by atoms with Crippen molar-refractivity contribution in [2.75, 3.05) is 0 Å². The minimum Gasteiger partial charge on any atom is -0.486 e. The summed E-state index contributed by atoms with van der Waals surface area (Å²) in [5.74, 6) is 0.850. The first-order valence-corrected chi connectivity index (χ1v) is 9.63. The number of carbonyl (C=O) groups is 1. The van der Waals surface area contributed by atoms with Gasteiger partial charge in [-0.15, -0.1) is 16.8 Å². The lowest BCUT2D eigenvalue weighted by Crippen LogP contribution is -2.15. The van der Waals surface area contributed by atoms with Gasteiger partial charge in [0.25, 0.3) is 0 Å². The van der Waals surface area contributed by atoms with Crippen molar-refractivity contribution in [3.63, 3.8) is 0 Å². The number of thioether (sulfide) groups is 1. The maximum atomic E-state index is 13.0. The van der Waals surface area contributed by atoms with Crippen molar-refractivity contribution >= 4 is 17.5 Å². The highest BCUT2D eigenvalue weighted by atomic mass is 32.2. The van der Waals surface area contributed by atoms with E-state index < -0.39 is 0 Å². The van der Waals surface area contributed by atoms with E-state index in [1.807, 2.05) is 29.7 Å². The van der Waals surface area contributed by atoms with E-state index in [1.165, 1.54) is 23.9 Å². The highest BCUT2D eigenvalue weighted by Gasteiger charge is 2.21. The van der Waals surface area contributed by atoms with Crippen LogP contribution >= 0.6 is 11.8 Å². The second-order valence-corrected chi connectivity index (χ2v) is 7.34. The summed E-state index contributed by atoms with van der Waals surface area (Å²) < 4.78 is 20.5. The molecule has 5 nitrogen and oxygen atoms in total. The monoisotopic (exact) mass is 397 g/mol. The average Bonchev–Trinajstić information content (AvgIpc) is 3.09. The number of halogens is 1.